The lowest BCUT2D eigenvalue weighted by Gasteiger charge is -2.25. The summed E-state index contributed by atoms with van der Waals surface area (Å²) >= 11 is 0. The van der Waals surface area contributed by atoms with Crippen molar-refractivity contribution >= 4 is 0 Å². The standard InChI is InChI=1S/C13H28O/c1-5-6-7-8-9-10-11-12(14)13(2,3)4/h12,14H,5-11H2,1-4H3/t12-/m0/s1. The fourth-order valence-electron chi connectivity index (χ4n) is 1.55. The molecular weight excluding hydrogens is 172 g/mol. The van der Waals surface area contributed by atoms with Gasteiger partial charge in [-0.3, -0.25) is 0 Å². The van der Waals surface area contributed by atoms with Crippen LogP contribution in [0, 0.1) is 5.41 Å². The maximum atomic E-state index is 9.79. The maximum absolute atomic E-state index is 9.79. The summed E-state index contributed by atoms with van der Waals surface area (Å²) in [6, 6.07) is 0. The molecule has 0 unspecified atom stereocenters. The fourth-order valence-corrected chi connectivity index (χ4v) is 1.55. The van der Waals surface area contributed by atoms with E-state index in [2.05, 4.69) is 27.7 Å². The second-order valence-electron chi connectivity index (χ2n) is 5.44. The summed E-state index contributed by atoms with van der Waals surface area (Å²) in [5.41, 5.74) is 0.0589. The van der Waals surface area contributed by atoms with Gasteiger partial charge in [-0.15, -0.1) is 0 Å². The highest BCUT2D eigenvalue weighted by molar-refractivity contribution is 4.72. The Morgan fingerprint density at radius 3 is 1.93 bits per heavy atom. The summed E-state index contributed by atoms with van der Waals surface area (Å²) in [6.45, 7) is 8.56. The molecule has 0 saturated carbocycles. The van der Waals surface area contributed by atoms with E-state index in [0.29, 0.717) is 0 Å². The van der Waals surface area contributed by atoms with Crippen LogP contribution in [0.3, 0.4) is 0 Å². The number of aliphatic hydroxyl groups excluding tert-OH is 1. The van der Waals surface area contributed by atoms with Crippen molar-refractivity contribution in [1.29, 1.82) is 0 Å². The molecule has 0 rings (SSSR count). The van der Waals surface area contributed by atoms with Gasteiger partial charge >= 0.3 is 0 Å². The molecule has 0 aromatic heterocycles. The summed E-state index contributed by atoms with van der Waals surface area (Å²) in [6.07, 6.45) is 8.68. The highest BCUT2D eigenvalue weighted by atomic mass is 16.3. The lowest BCUT2D eigenvalue weighted by atomic mass is 9.86. The number of hydrogen-bond acceptors (Lipinski definition) is 1. The van der Waals surface area contributed by atoms with Crippen molar-refractivity contribution in [2.45, 2.75) is 78.7 Å². The van der Waals surface area contributed by atoms with Gasteiger partial charge in [0.25, 0.3) is 0 Å². The van der Waals surface area contributed by atoms with Crippen molar-refractivity contribution in [2.75, 3.05) is 0 Å². The molecule has 0 aliphatic rings. The van der Waals surface area contributed by atoms with Gasteiger partial charge in [0.05, 0.1) is 6.10 Å². The lowest BCUT2D eigenvalue weighted by molar-refractivity contribution is 0.0533. The molecule has 0 aromatic carbocycles. The number of unbranched alkanes of at least 4 members (excludes halogenated alkanes) is 5. The fraction of sp³-hybridized carbons (Fsp3) is 1.00. The van der Waals surface area contributed by atoms with E-state index in [1.807, 2.05) is 0 Å². The van der Waals surface area contributed by atoms with Crippen LogP contribution in [-0.4, -0.2) is 11.2 Å². The third-order valence-corrected chi connectivity index (χ3v) is 2.83. The minimum atomic E-state index is -0.131. The third-order valence-electron chi connectivity index (χ3n) is 2.83. The summed E-state index contributed by atoms with van der Waals surface area (Å²) in [7, 11) is 0. The van der Waals surface area contributed by atoms with Crippen molar-refractivity contribution in [3.05, 3.63) is 0 Å². The average Bonchev–Trinajstić information content (AvgIpc) is 2.09. The van der Waals surface area contributed by atoms with Crippen molar-refractivity contribution < 1.29 is 5.11 Å². The van der Waals surface area contributed by atoms with Gasteiger partial charge in [0.2, 0.25) is 0 Å². The molecule has 0 saturated heterocycles. The van der Waals surface area contributed by atoms with Crippen LogP contribution in [0.15, 0.2) is 0 Å². The summed E-state index contributed by atoms with van der Waals surface area (Å²) in [5.74, 6) is 0. The molecule has 1 heteroatoms. The second kappa shape index (κ2) is 7.28. The number of rotatable bonds is 7. The van der Waals surface area contributed by atoms with Crippen LogP contribution in [0.25, 0.3) is 0 Å². The first-order valence-electron chi connectivity index (χ1n) is 6.16. The molecule has 1 atom stereocenters. The molecule has 0 fully saturated rings. The zero-order valence-corrected chi connectivity index (χ0v) is 10.5. The largest absolute Gasteiger partial charge is 0.393 e. The Hall–Kier alpha value is -0.0400. The molecule has 0 amide bonds. The first kappa shape index (κ1) is 14.0. The molecule has 0 aliphatic heterocycles. The smallest absolute Gasteiger partial charge is 0.0588 e. The van der Waals surface area contributed by atoms with Crippen molar-refractivity contribution in [2.24, 2.45) is 5.41 Å². The number of aliphatic hydroxyl groups is 1. The SMILES string of the molecule is CCCCCCCC[C@H](O)C(C)(C)C. The molecule has 0 radical (unpaired) electrons. The van der Waals surface area contributed by atoms with Crippen LogP contribution in [0.4, 0.5) is 0 Å². The monoisotopic (exact) mass is 200 g/mol. The van der Waals surface area contributed by atoms with E-state index in [4.69, 9.17) is 0 Å². The van der Waals surface area contributed by atoms with Crippen LogP contribution in [0.1, 0.15) is 72.6 Å². The van der Waals surface area contributed by atoms with E-state index in [1.165, 1.54) is 38.5 Å². The first-order valence-corrected chi connectivity index (χ1v) is 6.16. The normalized spacial score (nSPS) is 14.4. The summed E-state index contributed by atoms with van der Waals surface area (Å²) < 4.78 is 0. The Labute approximate surface area is 89.9 Å². The minimum absolute atomic E-state index is 0.0589. The number of hydrogen-bond donors (Lipinski definition) is 1. The van der Waals surface area contributed by atoms with Crippen LogP contribution in [0.5, 0.6) is 0 Å². The maximum Gasteiger partial charge on any atom is 0.0588 e. The predicted octanol–water partition coefficient (Wildman–Crippen LogP) is 4.14. The Morgan fingerprint density at radius 1 is 0.929 bits per heavy atom. The molecule has 86 valence electrons. The van der Waals surface area contributed by atoms with Crippen LogP contribution >= 0.6 is 0 Å². The molecule has 1 N–H and O–H groups in total. The van der Waals surface area contributed by atoms with Crippen LogP contribution < -0.4 is 0 Å². The Kier molecular flexibility index (Phi) is 7.26. The first-order chi connectivity index (χ1) is 6.48. The van der Waals surface area contributed by atoms with Crippen LogP contribution in [-0.2, 0) is 0 Å². The molecule has 14 heavy (non-hydrogen) atoms. The summed E-state index contributed by atoms with van der Waals surface area (Å²) in [5, 5.41) is 9.79. The third kappa shape index (κ3) is 7.37. The Morgan fingerprint density at radius 2 is 1.43 bits per heavy atom. The quantitative estimate of drug-likeness (QED) is 0.612. The molecule has 1 nitrogen and oxygen atoms in total. The van der Waals surface area contributed by atoms with Crippen molar-refractivity contribution in [1.82, 2.24) is 0 Å². The van der Waals surface area contributed by atoms with Gasteiger partial charge < -0.3 is 5.11 Å². The van der Waals surface area contributed by atoms with Crippen molar-refractivity contribution in [3.63, 3.8) is 0 Å². The highest BCUT2D eigenvalue weighted by Gasteiger charge is 2.20. The molecule has 0 heterocycles. The van der Waals surface area contributed by atoms with E-state index < -0.39 is 0 Å². The second-order valence-corrected chi connectivity index (χ2v) is 5.44. The van der Waals surface area contributed by atoms with Gasteiger partial charge in [-0.2, -0.15) is 0 Å². The van der Waals surface area contributed by atoms with E-state index in [-0.39, 0.29) is 11.5 Å². The Balaban J connectivity index is 3.28. The minimum Gasteiger partial charge on any atom is -0.393 e. The van der Waals surface area contributed by atoms with Gasteiger partial charge in [-0.1, -0.05) is 66.2 Å². The van der Waals surface area contributed by atoms with E-state index in [0.717, 1.165) is 6.42 Å². The zero-order valence-electron chi connectivity index (χ0n) is 10.5. The topological polar surface area (TPSA) is 20.2 Å². The highest BCUT2D eigenvalue weighted by Crippen LogP contribution is 2.23. The average molecular weight is 200 g/mol. The molecule has 0 aromatic rings. The van der Waals surface area contributed by atoms with E-state index >= 15 is 0 Å². The van der Waals surface area contributed by atoms with Crippen molar-refractivity contribution in [3.8, 4) is 0 Å². The lowest BCUT2D eigenvalue weighted by Crippen LogP contribution is -2.25. The van der Waals surface area contributed by atoms with Gasteiger partial charge in [-0.05, 0) is 11.8 Å². The predicted molar refractivity (Wildman–Crippen MR) is 63.5 cm³/mol. The summed E-state index contributed by atoms with van der Waals surface area (Å²) in [4.78, 5) is 0. The van der Waals surface area contributed by atoms with Gasteiger partial charge in [0, 0.05) is 0 Å². The van der Waals surface area contributed by atoms with Gasteiger partial charge in [-0.25, -0.2) is 0 Å². The zero-order chi connectivity index (χ0) is 11.0. The molecule has 0 aliphatic carbocycles. The molecular formula is C13H28O. The van der Waals surface area contributed by atoms with E-state index in [9.17, 15) is 5.11 Å². The van der Waals surface area contributed by atoms with Gasteiger partial charge in [0.1, 0.15) is 0 Å². The van der Waals surface area contributed by atoms with Crippen LogP contribution in [0.2, 0.25) is 0 Å². The molecule has 0 bridgehead atoms. The van der Waals surface area contributed by atoms with Gasteiger partial charge in [0.15, 0.2) is 0 Å². The Bertz CT molecular complexity index is 124. The van der Waals surface area contributed by atoms with E-state index in [1.54, 1.807) is 0 Å². The molecule has 0 spiro atoms.